The van der Waals surface area contributed by atoms with E-state index in [0.29, 0.717) is 23.0 Å². The molecule has 0 atom stereocenters. The third-order valence-corrected chi connectivity index (χ3v) is 10.4. The molecule has 51 heavy (non-hydrogen) atoms. The summed E-state index contributed by atoms with van der Waals surface area (Å²) in [5, 5.41) is 9.50. The molecule has 0 amide bonds. The van der Waals surface area contributed by atoms with Gasteiger partial charge in [0.1, 0.15) is 0 Å². The van der Waals surface area contributed by atoms with Crippen LogP contribution in [0, 0.1) is 11.3 Å². The molecule has 1 heterocycles. The second-order valence-electron chi connectivity index (χ2n) is 13.1. The molecule has 7 aromatic carbocycles. The summed E-state index contributed by atoms with van der Waals surface area (Å²) >= 11 is 0. The highest BCUT2D eigenvalue weighted by Crippen LogP contribution is 2.62. The second-order valence-corrected chi connectivity index (χ2v) is 13.1. The van der Waals surface area contributed by atoms with Crippen LogP contribution in [0.25, 0.3) is 67.5 Å². The van der Waals surface area contributed by atoms with Crippen LogP contribution in [0.2, 0.25) is 0 Å². The van der Waals surface area contributed by atoms with E-state index < -0.39 is 5.41 Å². The number of nitrogens with zero attached hydrogens (tertiary/aromatic N) is 4. The molecule has 0 saturated heterocycles. The van der Waals surface area contributed by atoms with Crippen molar-refractivity contribution in [2.45, 2.75) is 5.41 Å². The average molecular weight is 649 g/mol. The summed E-state index contributed by atoms with van der Waals surface area (Å²) in [7, 11) is 0. The van der Waals surface area contributed by atoms with Crippen molar-refractivity contribution >= 4 is 0 Å². The van der Waals surface area contributed by atoms with Crippen molar-refractivity contribution in [2.75, 3.05) is 0 Å². The van der Waals surface area contributed by atoms with Crippen molar-refractivity contribution in [1.82, 2.24) is 15.0 Å². The van der Waals surface area contributed by atoms with Crippen LogP contribution in [0.5, 0.6) is 0 Å². The van der Waals surface area contributed by atoms with Crippen LogP contribution < -0.4 is 0 Å². The first kappa shape index (κ1) is 29.0. The van der Waals surface area contributed by atoms with Gasteiger partial charge < -0.3 is 0 Å². The lowest BCUT2D eigenvalue weighted by Gasteiger charge is -2.30. The molecule has 4 heteroatoms. The fourth-order valence-electron chi connectivity index (χ4n) is 8.20. The molecule has 0 unspecified atom stereocenters. The SMILES string of the molecule is N#Cc1cccc(-c2cccc(-c3nc(-c4ccccc4)nc(-c4ccc5c(c4)-c4ccccc4C54c5ccccc5-c5ccccc54)n3)c2)c1. The van der Waals surface area contributed by atoms with Gasteiger partial charge in [-0.25, -0.2) is 15.0 Å². The molecule has 236 valence electrons. The van der Waals surface area contributed by atoms with Gasteiger partial charge in [0.15, 0.2) is 17.5 Å². The molecule has 0 radical (unpaired) electrons. The quantitative estimate of drug-likeness (QED) is 0.191. The normalized spacial score (nSPS) is 12.8. The minimum atomic E-state index is -0.402. The first-order valence-electron chi connectivity index (χ1n) is 17.1. The van der Waals surface area contributed by atoms with Crippen molar-refractivity contribution in [3.8, 4) is 73.6 Å². The largest absolute Gasteiger partial charge is 0.208 e. The van der Waals surface area contributed by atoms with Gasteiger partial charge in [-0.2, -0.15) is 5.26 Å². The van der Waals surface area contributed by atoms with Gasteiger partial charge in [-0.3, -0.25) is 0 Å². The van der Waals surface area contributed by atoms with Crippen molar-refractivity contribution in [3.63, 3.8) is 0 Å². The first-order chi connectivity index (χ1) is 25.2. The molecule has 0 bridgehead atoms. The summed E-state index contributed by atoms with van der Waals surface area (Å²) in [5.74, 6) is 1.82. The Morgan fingerprint density at radius 2 is 0.804 bits per heavy atom. The lowest BCUT2D eigenvalue weighted by atomic mass is 9.70. The predicted molar refractivity (Wildman–Crippen MR) is 203 cm³/mol. The fraction of sp³-hybridized carbons (Fsp3) is 0.0213. The number of hydrogen-bond donors (Lipinski definition) is 0. The van der Waals surface area contributed by atoms with Crippen molar-refractivity contribution in [1.29, 1.82) is 5.26 Å². The Kier molecular flexibility index (Phi) is 6.43. The maximum atomic E-state index is 9.50. The molecule has 1 spiro atoms. The van der Waals surface area contributed by atoms with Crippen LogP contribution in [0.4, 0.5) is 0 Å². The number of benzene rings is 7. The van der Waals surface area contributed by atoms with Gasteiger partial charge >= 0.3 is 0 Å². The number of fused-ring (bicyclic) bond motifs is 10. The third-order valence-electron chi connectivity index (χ3n) is 10.4. The number of rotatable bonds is 4. The van der Waals surface area contributed by atoms with Crippen molar-refractivity contribution < 1.29 is 0 Å². The van der Waals surface area contributed by atoms with E-state index in [0.717, 1.165) is 27.8 Å². The second kappa shape index (κ2) is 11.3. The van der Waals surface area contributed by atoms with Gasteiger partial charge in [0.2, 0.25) is 0 Å². The van der Waals surface area contributed by atoms with E-state index >= 15 is 0 Å². The van der Waals surface area contributed by atoms with Crippen LogP contribution >= 0.6 is 0 Å². The van der Waals surface area contributed by atoms with E-state index in [1.165, 1.54) is 44.5 Å². The molecule has 0 aliphatic heterocycles. The zero-order valence-electron chi connectivity index (χ0n) is 27.5. The van der Waals surface area contributed by atoms with E-state index in [1.54, 1.807) is 0 Å². The Balaban J connectivity index is 1.17. The number of nitriles is 1. The van der Waals surface area contributed by atoms with Crippen LogP contribution in [0.15, 0.2) is 170 Å². The standard InChI is InChI=1S/C47H28N4/c48-29-30-12-10-15-32(26-30)33-16-11-17-34(27-33)45-49-44(31-13-2-1-3-14-31)50-46(51-45)35-24-25-43-39(28-35)38-20-6-9-23-42(38)47(43)40-21-7-4-18-36(40)37-19-5-8-22-41(37)47/h1-28H. The summed E-state index contributed by atoms with van der Waals surface area (Å²) in [6, 6.07) is 61.4. The minimum Gasteiger partial charge on any atom is -0.208 e. The lowest BCUT2D eigenvalue weighted by molar-refractivity contribution is 0.794. The molecule has 0 saturated carbocycles. The van der Waals surface area contributed by atoms with Gasteiger partial charge in [0, 0.05) is 16.7 Å². The molecule has 8 aromatic rings. The van der Waals surface area contributed by atoms with Gasteiger partial charge in [-0.15, -0.1) is 0 Å². The highest BCUT2D eigenvalue weighted by atomic mass is 15.0. The van der Waals surface area contributed by atoms with Gasteiger partial charge in [-0.05, 0) is 79.9 Å². The molecular weight excluding hydrogens is 621 g/mol. The summed E-state index contributed by atoms with van der Waals surface area (Å²) in [6.45, 7) is 0. The fourth-order valence-corrected chi connectivity index (χ4v) is 8.20. The van der Waals surface area contributed by atoms with Crippen molar-refractivity contribution in [2.24, 2.45) is 0 Å². The zero-order valence-corrected chi connectivity index (χ0v) is 27.5. The molecule has 2 aliphatic carbocycles. The molecule has 0 N–H and O–H groups in total. The summed E-state index contributed by atoms with van der Waals surface area (Å²) in [4.78, 5) is 15.2. The molecule has 0 fully saturated rings. The van der Waals surface area contributed by atoms with Crippen LogP contribution in [-0.2, 0) is 5.41 Å². The molecule has 4 nitrogen and oxygen atoms in total. The summed E-state index contributed by atoms with van der Waals surface area (Å²) < 4.78 is 0. The van der Waals surface area contributed by atoms with E-state index in [9.17, 15) is 5.26 Å². The molecule has 2 aliphatic rings. The highest BCUT2D eigenvalue weighted by Gasteiger charge is 2.51. The summed E-state index contributed by atoms with van der Waals surface area (Å²) in [5.41, 5.74) is 15.1. The Hall–Kier alpha value is -6.96. The number of hydrogen-bond acceptors (Lipinski definition) is 4. The molecule has 1 aromatic heterocycles. The van der Waals surface area contributed by atoms with Gasteiger partial charge in [-0.1, -0.05) is 146 Å². The Morgan fingerprint density at radius 3 is 1.43 bits per heavy atom. The maximum Gasteiger partial charge on any atom is 0.164 e. The third kappa shape index (κ3) is 4.35. The number of aromatic nitrogens is 3. The monoisotopic (exact) mass is 648 g/mol. The minimum absolute atomic E-state index is 0.402. The van der Waals surface area contributed by atoms with Crippen LogP contribution in [0.3, 0.4) is 0 Å². The Morgan fingerprint density at radius 1 is 0.353 bits per heavy atom. The van der Waals surface area contributed by atoms with Crippen LogP contribution in [-0.4, -0.2) is 15.0 Å². The predicted octanol–water partition coefficient (Wildman–Crippen LogP) is 10.8. The molecule has 10 rings (SSSR count). The van der Waals surface area contributed by atoms with Gasteiger partial charge in [0.25, 0.3) is 0 Å². The zero-order chi connectivity index (χ0) is 33.9. The van der Waals surface area contributed by atoms with Crippen LogP contribution in [0.1, 0.15) is 27.8 Å². The average Bonchev–Trinajstić information content (AvgIpc) is 3.68. The van der Waals surface area contributed by atoms with Gasteiger partial charge in [0.05, 0.1) is 17.0 Å². The van der Waals surface area contributed by atoms with E-state index in [4.69, 9.17) is 15.0 Å². The topological polar surface area (TPSA) is 62.5 Å². The van der Waals surface area contributed by atoms with E-state index in [1.807, 2.05) is 72.8 Å². The van der Waals surface area contributed by atoms with E-state index in [-0.39, 0.29) is 0 Å². The first-order valence-corrected chi connectivity index (χ1v) is 17.1. The van der Waals surface area contributed by atoms with E-state index in [2.05, 4.69) is 103 Å². The molecular formula is C47H28N4. The summed E-state index contributed by atoms with van der Waals surface area (Å²) in [6.07, 6.45) is 0. The Labute approximate surface area is 296 Å². The smallest absolute Gasteiger partial charge is 0.164 e. The lowest BCUT2D eigenvalue weighted by Crippen LogP contribution is -2.25. The Bertz CT molecular complexity index is 2680. The highest BCUT2D eigenvalue weighted by molar-refractivity contribution is 5.95. The maximum absolute atomic E-state index is 9.50. The van der Waals surface area contributed by atoms with Crippen molar-refractivity contribution in [3.05, 3.63) is 198 Å².